The average Bonchev–Trinajstić information content (AvgIpc) is 2.12. The summed E-state index contributed by atoms with van der Waals surface area (Å²) in [4.78, 5) is 10.2. The van der Waals surface area contributed by atoms with Gasteiger partial charge in [-0.1, -0.05) is 23.7 Å². The van der Waals surface area contributed by atoms with Gasteiger partial charge in [0.15, 0.2) is 0 Å². The first-order chi connectivity index (χ1) is 6.61. The Labute approximate surface area is 90.1 Å². The van der Waals surface area contributed by atoms with Crippen molar-refractivity contribution in [2.24, 2.45) is 0 Å². The number of carboxylic acids is 1. The highest BCUT2D eigenvalue weighted by molar-refractivity contribution is 7.99. The van der Waals surface area contributed by atoms with Crippen LogP contribution in [-0.2, 0) is 10.5 Å². The highest BCUT2D eigenvalue weighted by Gasteiger charge is 2.06. The van der Waals surface area contributed by atoms with Crippen molar-refractivity contribution in [2.75, 3.05) is 5.75 Å². The lowest BCUT2D eigenvalue weighted by Crippen LogP contribution is -1.99. The van der Waals surface area contributed by atoms with Gasteiger partial charge in [0.1, 0.15) is 5.82 Å². The zero-order valence-corrected chi connectivity index (χ0v) is 8.74. The Kier molecular flexibility index (Phi) is 4.22. The van der Waals surface area contributed by atoms with Crippen molar-refractivity contribution < 1.29 is 14.3 Å². The molecule has 0 amide bonds. The van der Waals surface area contributed by atoms with Crippen molar-refractivity contribution in [1.82, 2.24) is 0 Å². The zero-order chi connectivity index (χ0) is 10.6. The van der Waals surface area contributed by atoms with E-state index < -0.39 is 11.8 Å². The van der Waals surface area contributed by atoms with E-state index in [0.717, 1.165) is 11.8 Å². The Balaban J connectivity index is 2.59. The summed E-state index contributed by atoms with van der Waals surface area (Å²) in [5.41, 5.74) is 0.434. The lowest BCUT2D eigenvalue weighted by atomic mass is 10.2. The van der Waals surface area contributed by atoms with E-state index in [-0.39, 0.29) is 10.8 Å². The molecular weight excluding hydrogens is 227 g/mol. The van der Waals surface area contributed by atoms with Crippen LogP contribution in [0, 0.1) is 5.82 Å². The van der Waals surface area contributed by atoms with E-state index in [1.54, 1.807) is 12.1 Å². The molecule has 0 atom stereocenters. The molecule has 0 unspecified atom stereocenters. The molecule has 5 heteroatoms. The molecule has 1 rings (SSSR count). The van der Waals surface area contributed by atoms with Gasteiger partial charge in [-0.3, -0.25) is 4.79 Å². The summed E-state index contributed by atoms with van der Waals surface area (Å²) in [6, 6.07) is 4.69. The molecule has 0 radical (unpaired) electrons. The number of carbonyl (C=O) groups is 1. The molecule has 1 aromatic carbocycles. The predicted molar refractivity (Wildman–Crippen MR) is 55.2 cm³/mol. The van der Waals surface area contributed by atoms with Crippen molar-refractivity contribution in [2.45, 2.75) is 5.75 Å². The van der Waals surface area contributed by atoms with E-state index in [1.165, 1.54) is 6.07 Å². The largest absolute Gasteiger partial charge is 0.481 e. The summed E-state index contributed by atoms with van der Waals surface area (Å²) in [6.07, 6.45) is 0. The number of hydrogen-bond acceptors (Lipinski definition) is 2. The van der Waals surface area contributed by atoms with Crippen molar-refractivity contribution in [1.29, 1.82) is 0 Å². The number of rotatable bonds is 4. The van der Waals surface area contributed by atoms with Crippen molar-refractivity contribution >= 4 is 29.3 Å². The molecule has 1 N–H and O–H groups in total. The molecule has 0 aliphatic rings. The minimum absolute atomic E-state index is 0.0358. The van der Waals surface area contributed by atoms with Gasteiger partial charge in [-0.15, -0.1) is 11.8 Å². The average molecular weight is 235 g/mol. The second-order valence-corrected chi connectivity index (χ2v) is 3.99. The lowest BCUT2D eigenvalue weighted by molar-refractivity contribution is -0.133. The van der Waals surface area contributed by atoms with Gasteiger partial charge in [0, 0.05) is 5.75 Å². The first-order valence-electron chi connectivity index (χ1n) is 3.83. The summed E-state index contributed by atoms with van der Waals surface area (Å²) in [7, 11) is 0. The summed E-state index contributed by atoms with van der Waals surface area (Å²) in [5.74, 6) is -1.09. The molecule has 1 aromatic rings. The van der Waals surface area contributed by atoms with Gasteiger partial charge >= 0.3 is 5.97 Å². The fourth-order valence-corrected chi connectivity index (χ4v) is 1.82. The minimum atomic E-state index is -0.905. The van der Waals surface area contributed by atoms with Crippen LogP contribution in [0.15, 0.2) is 18.2 Å². The third-order valence-electron chi connectivity index (χ3n) is 1.51. The second kappa shape index (κ2) is 5.22. The molecule has 0 aliphatic carbocycles. The Morgan fingerprint density at radius 3 is 2.93 bits per heavy atom. The van der Waals surface area contributed by atoms with Crippen LogP contribution < -0.4 is 0 Å². The molecule has 0 aromatic heterocycles. The van der Waals surface area contributed by atoms with Crippen LogP contribution in [0.3, 0.4) is 0 Å². The van der Waals surface area contributed by atoms with Crippen molar-refractivity contribution in [3.63, 3.8) is 0 Å². The van der Waals surface area contributed by atoms with Crippen LogP contribution in [0.2, 0.25) is 5.02 Å². The van der Waals surface area contributed by atoms with Gasteiger partial charge in [-0.25, -0.2) is 4.39 Å². The van der Waals surface area contributed by atoms with E-state index in [2.05, 4.69) is 0 Å². The molecule has 0 aliphatic heterocycles. The summed E-state index contributed by atoms with van der Waals surface area (Å²) in [5, 5.41) is 8.44. The van der Waals surface area contributed by atoms with E-state index in [9.17, 15) is 9.18 Å². The predicted octanol–water partition coefficient (Wildman–Crippen LogP) is 2.80. The number of benzene rings is 1. The first kappa shape index (κ1) is 11.3. The molecule has 0 heterocycles. The Morgan fingerprint density at radius 1 is 1.57 bits per heavy atom. The highest BCUT2D eigenvalue weighted by Crippen LogP contribution is 2.21. The van der Waals surface area contributed by atoms with Gasteiger partial charge in [0.2, 0.25) is 0 Å². The minimum Gasteiger partial charge on any atom is -0.481 e. The topological polar surface area (TPSA) is 37.3 Å². The van der Waals surface area contributed by atoms with Gasteiger partial charge < -0.3 is 5.11 Å². The first-order valence-corrected chi connectivity index (χ1v) is 5.37. The van der Waals surface area contributed by atoms with Crippen LogP contribution in [0.1, 0.15) is 5.56 Å². The Hall–Kier alpha value is -0.740. The molecule has 76 valence electrons. The third kappa shape index (κ3) is 3.20. The highest BCUT2D eigenvalue weighted by atomic mass is 35.5. The number of halogens is 2. The molecule has 2 nitrogen and oxygen atoms in total. The number of thioether (sulfide) groups is 1. The second-order valence-electron chi connectivity index (χ2n) is 2.60. The van der Waals surface area contributed by atoms with Gasteiger partial charge in [0.25, 0.3) is 0 Å². The van der Waals surface area contributed by atoms with Gasteiger partial charge in [-0.2, -0.15) is 0 Å². The molecule has 0 fully saturated rings. The fraction of sp³-hybridized carbons (Fsp3) is 0.222. The molecule has 0 saturated heterocycles. The van der Waals surface area contributed by atoms with Crippen LogP contribution in [-0.4, -0.2) is 16.8 Å². The van der Waals surface area contributed by atoms with Crippen molar-refractivity contribution in [3.05, 3.63) is 34.6 Å². The normalized spacial score (nSPS) is 10.1. The molecule has 0 saturated carbocycles. The summed E-state index contributed by atoms with van der Waals surface area (Å²) < 4.78 is 13.2. The maximum Gasteiger partial charge on any atom is 0.313 e. The quantitative estimate of drug-likeness (QED) is 0.871. The van der Waals surface area contributed by atoms with Crippen LogP contribution in [0.5, 0.6) is 0 Å². The van der Waals surface area contributed by atoms with Crippen LogP contribution in [0.25, 0.3) is 0 Å². The van der Waals surface area contributed by atoms with E-state index >= 15 is 0 Å². The van der Waals surface area contributed by atoms with Gasteiger partial charge in [-0.05, 0) is 11.6 Å². The number of hydrogen-bond donors (Lipinski definition) is 1. The monoisotopic (exact) mass is 234 g/mol. The molecule has 0 bridgehead atoms. The van der Waals surface area contributed by atoms with E-state index in [1.807, 2.05) is 0 Å². The maximum absolute atomic E-state index is 13.2. The summed E-state index contributed by atoms with van der Waals surface area (Å²) >= 11 is 6.69. The Morgan fingerprint density at radius 2 is 2.29 bits per heavy atom. The third-order valence-corrected chi connectivity index (χ3v) is 2.77. The SMILES string of the molecule is O=C(O)CSCc1cccc(Cl)c1F. The molecule has 14 heavy (non-hydrogen) atoms. The van der Waals surface area contributed by atoms with E-state index in [4.69, 9.17) is 16.7 Å². The lowest BCUT2D eigenvalue weighted by Gasteiger charge is -2.02. The fourth-order valence-electron chi connectivity index (χ4n) is 0.908. The maximum atomic E-state index is 13.2. The smallest absolute Gasteiger partial charge is 0.313 e. The van der Waals surface area contributed by atoms with Crippen LogP contribution in [0.4, 0.5) is 4.39 Å². The summed E-state index contributed by atoms with van der Waals surface area (Å²) in [6.45, 7) is 0. The molecular formula is C9H8ClFO2S. The number of carboxylic acid groups (broad SMARTS) is 1. The van der Waals surface area contributed by atoms with E-state index in [0.29, 0.717) is 11.3 Å². The number of aliphatic carboxylic acids is 1. The van der Waals surface area contributed by atoms with Gasteiger partial charge in [0.05, 0.1) is 10.8 Å². The standard InChI is InChI=1S/C9H8ClFO2S/c10-7-3-1-2-6(9(7)11)4-14-5-8(12)13/h1-3H,4-5H2,(H,12,13). The van der Waals surface area contributed by atoms with Crippen LogP contribution >= 0.6 is 23.4 Å². The Bertz CT molecular complexity index is 344. The zero-order valence-electron chi connectivity index (χ0n) is 7.17. The van der Waals surface area contributed by atoms with Crippen molar-refractivity contribution in [3.8, 4) is 0 Å². The molecule has 0 spiro atoms.